The second kappa shape index (κ2) is 4.40. The summed E-state index contributed by atoms with van der Waals surface area (Å²) in [5.74, 6) is 0.902. The van der Waals surface area contributed by atoms with Crippen LogP contribution in [-0.2, 0) is 0 Å². The first kappa shape index (κ1) is 9.44. The van der Waals surface area contributed by atoms with Crippen molar-refractivity contribution < 1.29 is 0 Å². The summed E-state index contributed by atoms with van der Waals surface area (Å²) in [5, 5.41) is 0. The maximum atomic E-state index is 4.32. The second-order valence-corrected chi connectivity index (χ2v) is 3.80. The van der Waals surface area contributed by atoms with E-state index in [9.17, 15) is 0 Å². The fourth-order valence-electron chi connectivity index (χ4n) is 2.13. The average Bonchev–Trinajstić information content (AvgIpc) is 2.30. The summed E-state index contributed by atoms with van der Waals surface area (Å²) in [7, 11) is 0. The molecule has 0 amide bonds. The molecule has 0 radical (unpaired) electrons. The molecule has 0 bridgehead atoms. The lowest BCUT2D eigenvalue weighted by Gasteiger charge is -2.35. The Bertz CT molecular complexity index is 273. The molecule has 1 aliphatic rings. The van der Waals surface area contributed by atoms with Gasteiger partial charge in [-0.3, -0.25) is 0 Å². The zero-order valence-corrected chi connectivity index (χ0v) is 8.69. The van der Waals surface area contributed by atoms with Crippen LogP contribution in [0.2, 0.25) is 0 Å². The van der Waals surface area contributed by atoms with Gasteiger partial charge in [-0.2, -0.15) is 0 Å². The Kier molecular flexibility index (Phi) is 2.96. The van der Waals surface area contributed by atoms with Gasteiger partial charge in [0.1, 0.15) is 0 Å². The maximum Gasteiger partial charge on any atom is 0.225 e. The predicted molar refractivity (Wildman–Crippen MR) is 57.3 cm³/mol. The predicted octanol–water partition coefficient (Wildman–Crippen LogP) is 2.25. The summed E-state index contributed by atoms with van der Waals surface area (Å²) in [5.41, 5.74) is 0. The molecule has 1 unspecified atom stereocenters. The van der Waals surface area contributed by atoms with Crippen LogP contribution in [0.1, 0.15) is 32.6 Å². The van der Waals surface area contributed by atoms with Gasteiger partial charge in [0.05, 0.1) is 0 Å². The lowest BCUT2D eigenvalue weighted by atomic mass is 10.0. The first-order chi connectivity index (χ1) is 6.92. The van der Waals surface area contributed by atoms with Crippen molar-refractivity contribution in [2.45, 2.75) is 38.6 Å². The molecule has 1 aliphatic heterocycles. The van der Waals surface area contributed by atoms with Gasteiger partial charge in [-0.1, -0.05) is 6.92 Å². The molecule has 1 fully saturated rings. The van der Waals surface area contributed by atoms with E-state index in [-0.39, 0.29) is 0 Å². The van der Waals surface area contributed by atoms with E-state index in [4.69, 9.17) is 0 Å². The highest BCUT2D eigenvalue weighted by Gasteiger charge is 2.22. The van der Waals surface area contributed by atoms with E-state index in [1.807, 2.05) is 18.5 Å². The molecule has 3 heteroatoms. The fourth-order valence-corrected chi connectivity index (χ4v) is 2.13. The third-order valence-electron chi connectivity index (χ3n) is 2.91. The van der Waals surface area contributed by atoms with Gasteiger partial charge in [0.2, 0.25) is 5.95 Å². The van der Waals surface area contributed by atoms with Gasteiger partial charge in [-0.15, -0.1) is 0 Å². The molecular formula is C11H17N3. The minimum absolute atomic E-state index is 0.645. The Hall–Kier alpha value is -1.12. The normalized spacial score (nSPS) is 22.4. The molecule has 1 aromatic heterocycles. The van der Waals surface area contributed by atoms with Crippen molar-refractivity contribution in [1.29, 1.82) is 0 Å². The van der Waals surface area contributed by atoms with Gasteiger partial charge in [0.25, 0.3) is 0 Å². The van der Waals surface area contributed by atoms with E-state index >= 15 is 0 Å². The van der Waals surface area contributed by atoms with Crippen molar-refractivity contribution >= 4 is 5.95 Å². The zero-order valence-electron chi connectivity index (χ0n) is 8.69. The highest BCUT2D eigenvalue weighted by atomic mass is 15.3. The SMILES string of the molecule is CCC1CCCCN1c1ncccn1. The van der Waals surface area contributed by atoms with Gasteiger partial charge in [0, 0.05) is 25.0 Å². The van der Waals surface area contributed by atoms with Gasteiger partial charge in [-0.05, 0) is 31.7 Å². The fraction of sp³-hybridized carbons (Fsp3) is 0.636. The summed E-state index contributed by atoms with van der Waals surface area (Å²) >= 11 is 0. The van der Waals surface area contributed by atoms with Crippen molar-refractivity contribution in [3.05, 3.63) is 18.5 Å². The molecule has 1 atom stereocenters. The summed E-state index contributed by atoms with van der Waals surface area (Å²) in [6.07, 6.45) is 8.75. The summed E-state index contributed by atoms with van der Waals surface area (Å²) in [4.78, 5) is 11.0. The molecule has 0 spiro atoms. The molecule has 0 aliphatic carbocycles. The molecule has 2 heterocycles. The van der Waals surface area contributed by atoms with Crippen LogP contribution in [0.5, 0.6) is 0 Å². The van der Waals surface area contributed by atoms with Crippen molar-refractivity contribution in [1.82, 2.24) is 9.97 Å². The average molecular weight is 191 g/mol. The quantitative estimate of drug-likeness (QED) is 0.718. The second-order valence-electron chi connectivity index (χ2n) is 3.80. The smallest absolute Gasteiger partial charge is 0.225 e. The number of rotatable bonds is 2. The third kappa shape index (κ3) is 1.86. The van der Waals surface area contributed by atoms with Crippen LogP contribution in [0.3, 0.4) is 0 Å². The van der Waals surface area contributed by atoms with E-state index in [1.54, 1.807) is 0 Å². The van der Waals surface area contributed by atoms with E-state index in [2.05, 4.69) is 21.8 Å². The lowest BCUT2D eigenvalue weighted by Crippen LogP contribution is -2.40. The van der Waals surface area contributed by atoms with Crippen LogP contribution in [0.15, 0.2) is 18.5 Å². The molecule has 76 valence electrons. The summed E-state index contributed by atoms with van der Waals surface area (Å²) in [6.45, 7) is 3.36. The largest absolute Gasteiger partial charge is 0.338 e. The minimum Gasteiger partial charge on any atom is -0.338 e. The Morgan fingerprint density at radius 3 is 2.86 bits per heavy atom. The number of hydrogen-bond donors (Lipinski definition) is 0. The zero-order chi connectivity index (χ0) is 9.80. The van der Waals surface area contributed by atoms with Gasteiger partial charge < -0.3 is 4.90 Å². The van der Waals surface area contributed by atoms with Gasteiger partial charge in [-0.25, -0.2) is 9.97 Å². The Morgan fingerprint density at radius 2 is 2.14 bits per heavy atom. The molecule has 0 saturated carbocycles. The maximum absolute atomic E-state index is 4.32. The minimum atomic E-state index is 0.645. The Balaban J connectivity index is 2.15. The standard InChI is InChI=1S/C11H17N3/c1-2-10-6-3-4-9-14(10)11-12-7-5-8-13-11/h5,7-8,10H,2-4,6,9H2,1H3. The number of nitrogens with zero attached hydrogens (tertiary/aromatic N) is 3. The first-order valence-corrected chi connectivity index (χ1v) is 5.45. The van der Waals surface area contributed by atoms with Crippen LogP contribution in [0, 0.1) is 0 Å². The van der Waals surface area contributed by atoms with Crippen molar-refractivity contribution in [2.75, 3.05) is 11.4 Å². The summed E-state index contributed by atoms with van der Waals surface area (Å²) in [6, 6.07) is 2.51. The van der Waals surface area contributed by atoms with Crippen LogP contribution in [0.4, 0.5) is 5.95 Å². The molecule has 2 rings (SSSR count). The molecule has 1 saturated heterocycles. The van der Waals surface area contributed by atoms with Crippen molar-refractivity contribution in [3.8, 4) is 0 Å². The number of piperidine rings is 1. The molecule has 0 N–H and O–H groups in total. The van der Waals surface area contributed by atoms with Crippen LogP contribution in [-0.4, -0.2) is 22.6 Å². The van der Waals surface area contributed by atoms with E-state index < -0.39 is 0 Å². The topological polar surface area (TPSA) is 29.0 Å². The van der Waals surface area contributed by atoms with Crippen molar-refractivity contribution in [2.24, 2.45) is 0 Å². The molecule has 14 heavy (non-hydrogen) atoms. The highest BCUT2D eigenvalue weighted by molar-refractivity contribution is 5.31. The van der Waals surface area contributed by atoms with E-state index in [1.165, 1.54) is 25.7 Å². The highest BCUT2D eigenvalue weighted by Crippen LogP contribution is 2.22. The molecule has 0 aromatic carbocycles. The molecule has 3 nitrogen and oxygen atoms in total. The lowest BCUT2D eigenvalue weighted by molar-refractivity contribution is 0.443. The van der Waals surface area contributed by atoms with E-state index in [0.717, 1.165) is 12.5 Å². The van der Waals surface area contributed by atoms with Crippen LogP contribution in [0.25, 0.3) is 0 Å². The number of aromatic nitrogens is 2. The number of anilines is 1. The van der Waals surface area contributed by atoms with Crippen LogP contribution < -0.4 is 4.90 Å². The third-order valence-corrected chi connectivity index (χ3v) is 2.91. The van der Waals surface area contributed by atoms with Crippen molar-refractivity contribution in [3.63, 3.8) is 0 Å². The Labute approximate surface area is 85.2 Å². The summed E-state index contributed by atoms with van der Waals surface area (Å²) < 4.78 is 0. The Morgan fingerprint density at radius 1 is 1.36 bits per heavy atom. The first-order valence-electron chi connectivity index (χ1n) is 5.45. The van der Waals surface area contributed by atoms with Gasteiger partial charge in [0.15, 0.2) is 0 Å². The van der Waals surface area contributed by atoms with Gasteiger partial charge >= 0.3 is 0 Å². The molecular weight excluding hydrogens is 174 g/mol. The number of hydrogen-bond acceptors (Lipinski definition) is 3. The monoisotopic (exact) mass is 191 g/mol. The van der Waals surface area contributed by atoms with Crippen LogP contribution >= 0.6 is 0 Å². The van der Waals surface area contributed by atoms with E-state index in [0.29, 0.717) is 6.04 Å². The molecule has 1 aromatic rings.